The van der Waals surface area contributed by atoms with Gasteiger partial charge in [0.1, 0.15) is 24.4 Å². The minimum absolute atomic E-state index is 0.415. The Kier molecular flexibility index (Phi) is 4.79. The molecular weight excluding hydrogens is 376 g/mol. The molecule has 3 aromatic carbocycles. The lowest BCUT2D eigenvalue weighted by Gasteiger charge is -1.99. The van der Waals surface area contributed by atoms with Gasteiger partial charge in [-0.15, -0.1) is 10.2 Å². The maximum atomic E-state index is 4.50. The molecule has 8 nitrogen and oxygen atoms in total. The molecule has 5 aromatic rings. The number of nitrogens with zero attached hydrogens (tertiary/aromatic N) is 8. The molecule has 0 fully saturated rings. The number of aromatic nitrogens is 6. The van der Waals surface area contributed by atoms with E-state index in [1.54, 1.807) is 9.36 Å². The summed E-state index contributed by atoms with van der Waals surface area (Å²) in [5.74, 6) is 0. The molecule has 0 atom stereocenters. The molecule has 0 aliphatic heterocycles. The van der Waals surface area contributed by atoms with E-state index in [0.717, 1.165) is 33.2 Å². The van der Waals surface area contributed by atoms with Crippen molar-refractivity contribution in [2.75, 3.05) is 0 Å². The minimum Gasteiger partial charge on any atom is -0.269 e. The van der Waals surface area contributed by atoms with Crippen LogP contribution in [0.5, 0.6) is 0 Å². The molecule has 0 aliphatic rings. The number of hydrogen-bond donors (Lipinski definition) is 0. The fraction of sp³-hybridized carbons (Fsp3) is 0.0909. The lowest BCUT2D eigenvalue weighted by atomic mass is 10.1. The van der Waals surface area contributed by atoms with Gasteiger partial charge in [0.25, 0.3) is 0 Å². The molecule has 30 heavy (non-hydrogen) atoms. The van der Waals surface area contributed by atoms with Gasteiger partial charge in [0.15, 0.2) is 0 Å². The Morgan fingerprint density at radius 1 is 0.633 bits per heavy atom. The largest absolute Gasteiger partial charge is 0.269 e. The van der Waals surface area contributed by atoms with Crippen LogP contribution >= 0.6 is 0 Å². The number of rotatable bonds is 6. The van der Waals surface area contributed by atoms with Gasteiger partial charge >= 0.3 is 0 Å². The van der Waals surface area contributed by atoms with Crippen LogP contribution in [0.4, 0.5) is 0 Å². The Balaban J connectivity index is 1.26. The van der Waals surface area contributed by atoms with Crippen molar-refractivity contribution in [2.24, 2.45) is 9.98 Å². The van der Waals surface area contributed by atoms with Crippen LogP contribution in [0.2, 0.25) is 0 Å². The first-order chi connectivity index (χ1) is 14.9. The van der Waals surface area contributed by atoms with Gasteiger partial charge in [-0.25, -0.2) is 9.36 Å². The second-order valence-electron chi connectivity index (χ2n) is 6.73. The Hall–Kier alpha value is -4.20. The molecule has 0 amide bonds. The standard InChI is InChI=1S/C22H18N8/c1-3-10-21-19(8-1)25-27-29(21)15-23-13-17-6-5-7-18(12-17)14-24-16-30-22-11-4-2-9-20(22)26-28-30/h1-14H,15-16H2. The van der Waals surface area contributed by atoms with Crippen molar-refractivity contribution >= 4 is 34.5 Å². The average molecular weight is 394 g/mol. The monoisotopic (exact) mass is 394 g/mol. The zero-order valence-corrected chi connectivity index (χ0v) is 16.1. The van der Waals surface area contributed by atoms with Gasteiger partial charge in [-0.05, 0) is 41.5 Å². The van der Waals surface area contributed by atoms with E-state index in [1.807, 2.05) is 85.2 Å². The third-order valence-corrected chi connectivity index (χ3v) is 4.66. The lowest BCUT2D eigenvalue weighted by molar-refractivity contribution is 0.631. The maximum absolute atomic E-state index is 4.50. The third-order valence-electron chi connectivity index (χ3n) is 4.66. The normalized spacial score (nSPS) is 12.0. The predicted octanol–water partition coefficient (Wildman–Crippen LogP) is 3.33. The summed E-state index contributed by atoms with van der Waals surface area (Å²) in [6.45, 7) is 0.830. The average Bonchev–Trinajstić information content (AvgIpc) is 3.39. The highest BCUT2D eigenvalue weighted by Crippen LogP contribution is 2.11. The van der Waals surface area contributed by atoms with Crippen LogP contribution in [0, 0.1) is 0 Å². The van der Waals surface area contributed by atoms with Gasteiger partial charge in [0, 0.05) is 12.4 Å². The molecule has 0 N–H and O–H groups in total. The minimum atomic E-state index is 0.415. The van der Waals surface area contributed by atoms with E-state index >= 15 is 0 Å². The van der Waals surface area contributed by atoms with Crippen LogP contribution in [0.3, 0.4) is 0 Å². The van der Waals surface area contributed by atoms with Gasteiger partial charge in [-0.3, -0.25) is 9.98 Å². The van der Waals surface area contributed by atoms with Crippen molar-refractivity contribution in [1.29, 1.82) is 0 Å². The summed E-state index contributed by atoms with van der Waals surface area (Å²) in [6.07, 6.45) is 3.66. The Labute approximate surface area is 172 Å². The first kappa shape index (κ1) is 17.9. The van der Waals surface area contributed by atoms with Crippen molar-refractivity contribution in [3.63, 3.8) is 0 Å². The number of benzene rings is 3. The van der Waals surface area contributed by atoms with Gasteiger partial charge in [-0.1, -0.05) is 52.9 Å². The van der Waals surface area contributed by atoms with E-state index in [-0.39, 0.29) is 0 Å². The predicted molar refractivity (Wildman–Crippen MR) is 117 cm³/mol. The van der Waals surface area contributed by atoms with Crippen LogP contribution in [0.15, 0.2) is 82.8 Å². The molecule has 8 heteroatoms. The number of hydrogen-bond acceptors (Lipinski definition) is 6. The zero-order chi connectivity index (χ0) is 20.2. The molecule has 0 spiro atoms. The van der Waals surface area contributed by atoms with E-state index < -0.39 is 0 Å². The molecule has 0 saturated heterocycles. The van der Waals surface area contributed by atoms with Gasteiger partial charge in [0.2, 0.25) is 0 Å². The van der Waals surface area contributed by atoms with Crippen molar-refractivity contribution in [3.05, 3.63) is 83.9 Å². The maximum Gasteiger partial charge on any atom is 0.133 e. The second kappa shape index (κ2) is 8.04. The van der Waals surface area contributed by atoms with E-state index in [2.05, 4.69) is 30.6 Å². The van der Waals surface area contributed by atoms with E-state index in [1.165, 1.54) is 0 Å². The smallest absolute Gasteiger partial charge is 0.133 e. The van der Waals surface area contributed by atoms with Crippen molar-refractivity contribution in [3.8, 4) is 0 Å². The SMILES string of the molecule is C(=NCn1nnc2ccccc21)c1cccc(C=NCn2nnc3ccccc32)c1. The Morgan fingerprint density at radius 2 is 1.13 bits per heavy atom. The Bertz CT molecular complexity index is 1260. The molecule has 0 aliphatic carbocycles. The third kappa shape index (κ3) is 3.70. The van der Waals surface area contributed by atoms with Crippen molar-refractivity contribution in [1.82, 2.24) is 30.0 Å². The summed E-state index contributed by atoms with van der Waals surface area (Å²) in [6, 6.07) is 23.7. The molecule has 0 radical (unpaired) electrons. The Morgan fingerprint density at radius 3 is 1.67 bits per heavy atom. The first-order valence-electron chi connectivity index (χ1n) is 9.53. The zero-order valence-electron chi connectivity index (χ0n) is 16.1. The fourth-order valence-corrected chi connectivity index (χ4v) is 3.21. The van der Waals surface area contributed by atoms with Crippen LogP contribution in [0.25, 0.3) is 22.1 Å². The van der Waals surface area contributed by atoms with Gasteiger partial charge in [0.05, 0.1) is 11.0 Å². The summed E-state index contributed by atoms with van der Waals surface area (Å²) < 4.78 is 3.55. The second-order valence-corrected chi connectivity index (χ2v) is 6.73. The summed E-state index contributed by atoms with van der Waals surface area (Å²) in [4.78, 5) is 9.00. The molecule has 0 saturated carbocycles. The molecule has 5 rings (SSSR count). The topological polar surface area (TPSA) is 86.1 Å². The van der Waals surface area contributed by atoms with E-state index in [9.17, 15) is 0 Å². The highest BCUT2D eigenvalue weighted by Gasteiger charge is 2.02. The molecule has 0 bridgehead atoms. The highest BCUT2D eigenvalue weighted by molar-refractivity contribution is 5.86. The van der Waals surface area contributed by atoms with Crippen LogP contribution in [0.1, 0.15) is 11.1 Å². The highest BCUT2D eigenvalue weighted by atomic mass is 15.4. The van der Waals surface area contributed by atoms with Crippen LogP contribution in [-0.2, 0) is 13.3 Å². The van der Waals surface area contributed by atoms with Crippen molar-refractivity contribution in [2.45, 2.75) is 13.3 Å². The van der Waals surface area contributed by atoms with Crippen LogP contribution in [-0.4, -0.2) is 42.4 Å². The van der Waals surface area contributed by atoms with Crippen molar-refractivity contribution < 1.29 is 0 Å². The quantitative estimate of drug-likeness (QED) is 0.413. The van der Waals surface area contributed by atoms with Gasteiger partial charge < -0.3 is 0 Å². The first-order valence-corrected chi connectivity index (χ1v) is 9.53. The van der Waals surface area contributed by atoms with Crippen LogP contribution < -0.4 is 0 Å². The molecular formula is C22H18N8. The van der Waals surface area contributed by atoms with E-state index in [4.69, 9.17) is 0 Å². The molecule has 2 aromatic heterocycles. The molecule has 0 unspecified atom stereocenters. The summed E-state index contributed by atoms with van der Waals surface area (Å²) >= 11 is 0. The van der Waals surface area contributed by atoms with Gasteiger partial charge in [-0.2, -0.15) is 0 Å². The lowest BCUT2D eigenvalue weighted by Crippen LogP contribution is -1.99. The molecule has 146 valence electrons. The molecule has 2 heterocycles. The summed E-state index contributed by atoms with van der Waals surface area (Å²) in [7, 11) is 0. The number of aliphatic imine (C=N–C) groups is 2. The summed E-state index contributed by atoms with van der Waals surface area (Å²) in [5, 5.41) is 16.6. The fourth-order valence-electron chi connectivity index (χ4n) is 3.21. The number of fused-ring (bicyclic) bond motifs is 2. The summed E-state index contributed by atoms with van der Waals surface area (Å²) in [5.41, 5.74) is 5.66. The number of para-hydroxylation sites is 2. The van der Waals surface area contributed by atoms with E-state index in [0.29, 0.717) is 13.3 Å².